The molecule has 0 fully saturated rings. The maximum Gasteiger partial charge on any atom is 0.422 e. The number of benzene rings is 2. The Morgan fingerprint density at radius 3 is 1.66 bits per heavy atom. The summed E-state index contributed by atoms with van der Waals surface area (Å²) in [5, 5.41) is 3.10. The molecule has 5 heterocycles. The molecule has 2 aromatic carbocycles. The van der Waals surface area contributed by atoms with Gasteiger partial charge in [-0.2, -0.15) is 26.3 Å². The minimum atomic E-state index is -4.81. The molecule has 73 heavy (non-hydrogen) atoms. The predicted molar refractivity (Wildman–Crippen MR) is 254 cm³/mol. The van der Waals surface area contributed by atoms with E-state index in [2.05, 4.69) is 5.32 Å². The molecule has 1 amide bonds. The molecular weight excluding hydrogens is 988 g/mol. The van der Waals surface area contributed by atoms with Gasteiger partial charge >= 0.3 is 18.0 Å². The molecule has 7 nitrogen and oxygen atoms in total. The lowest BCUT2D eigenvalue weighted by molar-refractivity contribution is -0.938. The van der Waals surface area contributed by atoms with Crippen LogP contribution in [0.3, 0.4) is 0 Å². The first-order chi connectivity index (χ1) is 34.2. The van der Waals surface area contributed by atoms with E-state index >= 15 is 17.6 Å². The van der Waals surface area contributed by atoms with Crippen molar-refractivity contribution in [3.05, 3.63) is 154 Å². The molecule has 388 valence electrons. The van der Waals surface area contributed by atoms with Crippen molar-refractivity contribution in [2.75, 3.05) is 12.5 Å². The van der Waals surface area contributed by atoms with E-state index in [0.29, 0.717) is 53.6 Å². The summed E-state index contributed by atoms with van der Waals surface area (Å²) in [5.41, 5.74) is -5.53. The van der Waals surface area contributed by atoms with Gasteiger partial charge in [-0.3, -0.25) is 4.79 Å². The monoisotopic (exact) mass is 1050 g/mol. The molecule has 0 spiro atoms. The normalized spacial score (nSPS) is 13.6. The number of pyridine rings is 4. The van der Waals surface area contributed by atoms with Gasteiger partial charge in [-0.15, -0.1) is 20.7 Å². The van der Waals surface area contributed by atoms with Gasteiger partial charge < -0.3 is 10.1 Å². The summed E-state index contributed by atoms with van der Waals surface area (Å²) in [5.74, 6) is -4.45. The SMILES string of the molecule is Cc1cc[n+]2c(c1)-c1cc(CCC(=O)NC(C)(C)CCOC(C)(C)CCCCCCCl)cc[n+]1C2(c1cc(F)cc(F)c1-c1ccc(C(F)(F)F)c[n+]1C)c1cc(F)cc(F)c1-c1ccc(C(F)(F)F)c[n+]1C. The molecular formula is C55H58ClF10N5O2+4. The van der Waals surface area contributed by atoms with E-state index < -0.39 is 69.1 Å². The number of nitrogens with zero attached hydrogens (tertiary/aromatic N) is 4. The number of halogens is 11. The molecule has 6 aromatic rings. The van der Waals surface area contributed by atoms with Gasteiger partial charge in [0.05, 0.1) is 5.60 Å². The van der Waals surface area contributed by atoms with Gasteiger partial charge in [0.25, 0.3) is 11.4 Å². The summed E-state index contributed by atoms with van der Waals surface area (Å²) in [7, 11) is 2.46. The Kier molecular flexibility index (Phi) is 15.9. The van der Waals surface area contributed by atoms with Crippen LogP contribution in [0, 0.1) is 30.2 Å². The Hall–Kier alpha value is -5.94. The van der Waals surface area contributed by atoms with Crippen molar-refractivity contribution in [3.63, 3.8) is 0 Å². The first kappa shape index (κ1) is 54.8. The van der Waals surface area contributed by atoms with Crippen molar-refractivity contribution >= 4 is 17.5 Å². The van der Waals surface area contributed by atoms with Crippen LogP contribution in [-0.4, -0.2) is 29.5 Å². The van der Waals surface area contributed by atoms with Crippen LogP contribution in [0.4, 0.5) is 43.9 Å². The molecule has 0 bridgehead atoms. The van der Waals surface area contributed by atoms with Gasteiger partial charge in [0.1, 0.15) is 70.7 Å². The van der Waals surface area contributed by atoms with Gasteiger partial charge in [0.15, 0.2) is 24.8 Å². The summed E-state index contributed by atoms with van der Waals surface area (Å²) >= 11 is 5.81. The van der Waals surface area contributed by atoms with E-state index in [9.17, 15) is 31.1 Å². The lowest BCUT2D eigenvalue weighted by Gasteiger charge is -2.30. The van der Waals surface area contributed by atoms with Gasteiger partial charge in [0.2, 0.25) is 17.3 Å². The number of unbranched alkanes of at least 4 members (excludes halogenated alkanes) is 3. The number of aromatic nitrogens is 4. The minimum absolute atomic E-state index is 0.0217. The van der Waals surface area contributed by atoms with Gasteiger partial charge in [-0.25, -0.2) is 26.7 Å². The molecule has 0 radical (unpaired) electrons. The van der Waals surface area contributed by atoms with E-state index in [1.54, 1.807) is 31.2 Å². The highest BCUT2D eigenvalue weighted by molar-refractivity contribution is 6.17. The summed E-state index contributed by atoms with van der Waals surface area (Å²) < 4.78 is 162. The van der Waals surface area contributed by atoms with E-state index in [4.69, 9.17) is 16.3 Å². The van der Waals surface area contributed by atoms with Crippen LogP contribution >= 0.6 is 11.6 Å². The number of carbonyl (C=O) groups excluding carboxylic acids is 1. The van der Waals surface area contributed by atoms with Crippen LogP contribution in [0.15, 0.2) is 97.6 Å². The van der Waals surface area contributed by atoms with E-state index in [0.717, 1.165) is 90.0 Å². The lowest BCUT2D eigenvalue weighted by Crippen LogP contribution is -2.71. The molecule has 0 saturated heterocycles. The molecule has 0 atom stereocenters. The lowest BCUT2D eigenvalue weighted by atomic mass is 9.82. The second-order valence-corrected chi connectivity index (χ2v) is 20.4. The second-order valence-electron chi connectivity index (χ2n) is 20.0. The quantitative estimate of drug-likeness (QED) is 0.0403. The van der Waals surface area contributed by atoms with Crippen LogP contribution in [-0.2, 0) is 48.1 Å². The number of carbonyl (C=O) groups is 1. The Morgan fingerprint density at radius 2 is 1.15 bits per heavy atom. The summed E-state index contributed by atoms with van der Waals surface area (Å²) in [6.07, 6.45) is 0.569. The number of aryl methyl sites for hydroxylation is 4. The average molecular weight is 1050 g/mol. The van der Waals surface area contributed by atoms with E-state index in [1.807, 2.05) is 27.7 Å². The van der Waals surface area contributed by atoms with Crippen LogP contribution in [0.2, 0.25) is 0 Å². The van der Waals surface area contributed by atoms with Crippen molar-refractivity contribution in [3.8, 4) is 33.9 Å². The molecule has 1 aliphatic rings. The third-order valence-corrected chi connectivity index (χ3v) is 13.7. The standard InChI is InChI=1S/C55H57ClF10N5O2/c1-34-18-23-70-46(26-34)47-27-35(12-17-48(72)67-51(2,3)21-25-73-52(4,5)20-10-8-9-11-22-56)19-24-71(47)53(70,40-28-38(57)30-42(59)49(40)44-15-13-36(32-68(44)6)54(61,62)63)41-29-39(58)31-43(60)50(41)45-16-14-37(33-69(45)7)55(64,65)66/h13-16,18-19,23-24,26-33H,8-12,17,20-22,25H2,1-7H3/q+3/p+1. The number of nitrogens with one attached hydrogen (secondary N) is 1. The Balaban J connectivity index is 1.37. The van der Waals surface area contributed by atoms with Crippen molar-refractivity contribution in [1.29, 1.82) is 0 Å². The zero-order valence-electron chi connectivity index (χ0n) is 41.6. The first-order valence-corrected chi connectivity index (χ1v) is 24.4. The third kappa shape index (κ3) is 11.7. The number of alkyl halides is 7. The maximum atomic E-state index is 17.0. The van der Waals surface area contributed by atoms with Gasteiger partial charge in [0, 0.05) is 73.0 Å². The van der Waals surface area contributed by atoms with Crippen LogP contribution in [0.25, 0.3) is 33.9 Å². The topological polar surface area (TPSA) is 53.9 Å². The molecule has 7 rings (SSSR count). The number of hydrogen-bond acceptors (Lipinski definition) is 2. The molecule has 0 unspecified atom stereocenters. The summed E-state index contributed by atoms with van der Waals surface area (Å²) in [6, 6.07) is 13.0. The fourth-order valence-corrected chi connectivity index (χ4v) is 9.93. The average Bonchev–Trinajstić information content (AvgIpc) is 3.56. The molecule has 0 saturated carbocycles. The minimum Gasteiger partial charge on any atom is -0.375 e. The van der Waals surface area contributed by atoms with Crippen molar-refractivity contribution in [1.82, 2.24) is 5.32 Å². The molecule has 1 N–H and O–H groups in total. The molecule has 0 aliphatic carbocycles. The van der Waals surface area contributed by atoms with Crippen LogP contribution < -0.4 is 23.6 Å². The Bertz CT molecular complexity index is 2930. The smallest absolute Gasteiger partial charge is 0.375 e. The largest absolute Gasteiger partial charge is 0.422 e. The highest BCUT2D eigenvalue weighted by Gasteiger charge is 2.66. The molecule has 18 heteroatoms. The zero-order chi connectivity index (χ0) is 53.4. The van der Waals surface area contributed by atoms with E-state index in [1.165, 1.54) is 35.6 Å². The molecule has 4 aromatic heterocycles. The fourth-order valence-electron chi connectivity index (χ4n) is 9.75. The first-order valence-electron chi connectivity index (χ1n) is 23.9. The summed E-state index contributed by atoms with van der Waals surface area (Å²) in [6.45, 7) is 10.1. The summed E-state index contributed by atoms with van der Waals surface area (Å²) in [4.78, 5) is 13.6. The highest BCUT2D eigenvalue weighted by atomic mass is 35.5. The predicted octanol–water partition coefficient (Wildman–Crippen LogP) is 11.6. The van der Waals surface area contributed by atoms with Gasteiger partial charge in [-0.05, 0) is 95.7 Å². The third-order valence-electron chi connectivity index (χ3n) is 13.4. The molecule has 1 aliphatic heterocycles. The number of fused-ring (bicyclic) bond motifs is 3. The second kappa shape index (κ2) is 21.1. The fraction of sp³-hybridized carbons (Fsp3) is 0.400. The van der Waals surface area contributed by atoms with Crippen LogP contribution in [0.5, 0.6) is 0 Å². The number of rotatable bonds is 18. The highest BCUT2D eigenvalue weighted by Crippen LogP contribution is 2.45. The van der Waals surface area contributed by atoms with Gasteiger partial charge in [-0.1, -0.05) is 19.3 Å². The zero-order valence-corrected chi connectivity index (χ0v) is 42.3. The number of hydrogen-bond donors (Lipinski definition) is 1. The number of amides is 1. The van der Waals surface area contributed by atoms with Crippen LogP contribution in [0.1, 0.15) is 106 Å². The van der Waals surface area contributed by atoms with E-state index in [-0.39, 0.29) is 46.9 Å². The van der Waals surface area contributed by atoms with Crippen molar-refractivity contribution in [2.45, 2.75) is 115 Å². The maximum absolute atomic E-state index is 17.0. The Morgan fingerprint density at radius 1 is 0.644 bits per heavy atom. The number of ether oxygens (including phenoxy) is 1. The Labute approximate surface area is 423 Å². The van der Waals surface area contributed by atoms with Crippen molar-refractivity contribution < 1.29 is 71.7 Å². The van der Waals surface area contributed by atoms with Crippen molar-refractivity contribution in [2.24, 2.45) is 14.1 Å².